The maximum Gasteiger partial charge on any atom is 0.252 e. The summed E-state index contributed by atoms with van der Waals surface area (Å²) in [5, 5.41) is 9.19. The Kier molecular flexibility index (Phi) is 4.33. The van der Waals surface area contributed by atoms with E-state index in [0.29, 0.717) is 16.2 Å². The monoisotopic (exact) mass is 381 g/mol. The Hall–Kier alpha value is -3.26. The molecule has 0 aliphatic heterocycles. The molecule has 0 saturated carbocycles. The van der Waals surface area contributed by atoms with E-state index in [1.54, 1.807) is 30.9 Å². The van der Waals surface area contributed by atoms with Crippen molar-refractivity contribution >= 4 is 23.2 Å². The number of carbonyl (C=O) groups excluding carboxylic acids is 1. The highest BCUT2D eigenvalue weighted by Gasteiger charge is 2.17. The van der Waals surface area contributed by atoms with Gasteiger partial charge >= 0.3 is 0 Å². The molecule has 9 heteroatoms. The van der Waals surface area contributed by atoms with Gasteiger partial charge in [-0.15, -0.1) is 0 Å². The third kappa shape index (κ3) is 3.15. The van der Waals surface area contributed by atoms with Crippen LogP contribution < -0.4 is 5.73 Å². The molecule has 2 N–H and O–H groups in total. The number of hydrogen-bond donors (Lipinski definition) is 1. The molecule has 0 aliphatic rings. The molecule has 4 aromatic rings. The molecular weight excluding hydrogens is 366 g/mol. The van der Waals surface area contributed by atoms with E-state index in [2.05, 4.69) is 27.1 Å². The minimum Gasteiger partial charge on any atom is -0.365 e. The summed E-state index contributed by atoms with van der Waals surface area (Å²) in [5.74, 6) is -0.557. The number of primary amides is 1. The number of amides is 1. The molecule has 0 saturated heterocycles. The van der Waals surface area contributed by atoms with Crippen molar-refractivity contribution in [1.82, 2.24) is 29.4 Å². The topological polar surface area (TPSA) is 104 Å². The van der Waals surface area contributed by atoms with Gasteiger partial charge in [0.2, 0.25) is 0 Å². The molecule has 0 fully saturated rings. The molecule has 0 bridgehead atoms. The Morgan fingerprint density at radius 2 is 2.04 bits per heavy atom. The fraction of sp³-hybridized carbons (Fsp3) is 0.167. The first kappa shape index (κ1) is 17.2. The number of nitrogens with two attached hydrogens (primary N) is 1. The Bertz CT molecular complexity index is 1130. The van der Waals surface area contributed by atoms with Gasteiger partial charge in [-0.25, -0.2) is 9.50 Å². The van der Waals surface area contributed by atoms with Gasteiger partial charge in [0.15, 0.2) is 5.65 Å². The second kappa shape index (κ2) is 6.81. The molecule has 1 amide bonds. The number of halogens is 1. The third-order valence-corrected chi connectivity index (χ3v) is 4.60. The van der Waals surface area contributed by atoms with Gasteiger partial charge in [0, 0.05) is 35.9 Å². The lowest BCUT2D eigenvalue weighted by Gasteiger charge is -2.15. The van der Waals surface area contributed by atoms with Crippen LogP contribution >= 0.6 is 11.6 Å². The van der Waals surface area contributed by atoms with Crippen LogP contribution in [-0.4, -0.2) is 35.3 Å². The van der Waals surface area contributed by atoms with Gasteiger partial charge in [0.25, 0.3) is 5.91 Å². The van der Waals surface area contributed by atoms with Crippen molar-refractivity contribution in [2.75, 3.05) is 0 Å². The van der Waals surface area contributed by atoms with Crippen LogP contribution in [0, 0.1) is 0 Å². The predicted molar refractivity (Wildman–Crippen MR) is 100 cm³/mol. The smallest absolute Gasteiger partial charge is 0.252 e. The lowest BCUT2D eigenvalue weighted by Crippen LogP contribution is -2.13. The predicted octanol–water partition coefficient (Wildman–Crippen LogP) is 2.74. The zero-order valence-electron chi connectivity index (χ0n) is 14.5. The Balaban J connectivity index is 1.76. The summed E-state index contributed by atoms with van der Waals surface area (Å²) in [6.45, 7) is 2.07. The van der Waals surface area contributed by atoms with Crippen molar-refractivity contribution in [2.24, 2.45) is 5.73 Å². The van der Waals surface area contributed by atoms with Gasteiger partial charge < -0.3 is 5.73 Å². The van der Waals surface area contributed by atoms with Gasteiger partial charge in [-0.2, -0.15) is 10.2 Å². The number of fused-ring (bicyclic) bond motifs is 1. The number of hydrogen-bond acceptors (Lipinski definition) is 5. The zero-order chi connectivity index (χ0) is 19.0. The fourth-order valence-electron chi connectivity index (χ4n) is 3.11. The maximum atomic E-state index is 11.8. The Labute approximate surface area is 159 Å². The van der Waals surface area contributed by atoms with Gasteiger partial charge in [0.1, 0.15) is 6.33 Å². The van der Waals surface area contributed by atoms with Crippen LogP contribution in [0.3, 0.4) is 0 Å². The first-order valence-corrected chi connectivity index (χ1v) is 8.72. The molecule has 0 radical (unpaired) electrons. The third-order valence-electron chi connectivity index (χ3n) is 4.39. The highest BCUT2D eigenvalue weighted by Crippen LogP contribution is 2.27. The molecule has 8 nitrogen and oxygen atoms in total. The second-order valence-corrected chi connectivity index (χ2v) is 6.54. The first-order chi connectivity index (χ1) is 13.1. The first-order valence-electron chi connectivity index (χ1n) is 8.35. The van der Waals surface area contributed by atoms with Crippen molar-refractivity contribution in [1.29, 1.82) is 0 Å². The normalized spacial score (nSPS) is 12.4. The van der Waals surface area contributed by atoms with Crippen LogP contribution in [0.4, 0.5) is 0 Å². The lowest BCUT2D eigenvalue weighted by atomic mass is 10.1. The summed E-state index contributed by atoms with van der Waals surface area (Å²) in [6, 6.07) is 3.59. The summed E-state index contributed by atoms with van der Waals surface area (Å²) in [5.41, 5.74) is 8.81. The molecule has 1 atom stereocenters. The van der Waals surface area contributed by atoms with E-state index in [1.807, 2.05) is 16.9 Å². The van der Waals surface area contributed by atoms with Crippen molar-refractivity contribution in [3.05, 3.63) is 65.6 Å². The van der Waals surface area contributed by atoms with E-state index in [-0.39, 0.29) is 6.04 Å². The fourth-order valence-corrected chi connectivity index (χ4v) is 3.29. The van der Waals surface area contributed by atoms with Gasteiger partial charge in [-0.05, 0) is 24.1 Å². The maximum absolute atomic E-state index is 11.8. The highest BCUT2D eigenvalue weighted by atomic mass is 35.5. The van der Waals surface area contributed by atoms with E-state index < -0.39 is 5.91 Å². The Morgan fingerprint density at radius 3 is 2.78 bits per heavy atom. The average molecular weight is 382 g/mol. The van der Waals surface area contributed by atoms with Crippen LogP contribution in [-0.2, 0) is 0 Å². The zero-order valence-corrected chi connectivity index (χ0v) is 15.2. The van der Waals surface area contributed by atoms with Crippen LogP contribution in [0.5, 0.6) is 0 Å². The molecule has 136 valence electrons. The van der Waals surface area contributed by atoms with Crippen LogP contribution in [0.1, 0.15) is 35.3 Å². The minimum atomic E-state index is -0.557. The number of aromatic nitrogens is 6. The van der Waals surface area contributed by atoms with Crippen LogP contribution in [0.2, 0.25) is 5.02 Å². The van der Waals surface area contributed by atoms with Crippen LogP contribution in [0.25, 0.3) is 16.8 Å². The van der Waals surface area contributed by atoms with E-state index in [1.165, 1.54) is 10.8 Å². The quantitative estimate of drug-likeness (QED) is 0.572. The largest absolute Gasteiger partial charge is 0.365 e. The summed E-state index contributed by atoms with van der Waals surface area (Å²) >= 11 is 6.07. The molecule has 0 aromatic carbocycles. The number of rotatable bonds is 5. The van der Waals surface area contributed by atoms with Crippen molar-refractivity contribution in [3.63, 3.8) is 0 Å². The van der Waals surface area contributed by atoms with Gasteiger partial charge in [-0.3, -0.25) is 14.5 Å². The van der Waals surface area contributed by atoms with E-state index in [4.69, 9.17) is 17.3 Å². The molecule has 4 aromatic heterocycles. The minimum absolute atomic E-state index is 0.00402. The molecule has 27 heavy (non-hydrogen) atoms. The number of pyridine rings is 2. The summed E-state index contributed by atoms with van der Waals surface area (Å²) in [7, 11) is 0. The van der Waals surface area contributed by atoms with Gasteiger partial charge in [-0.1, -0.05) is 18.5 Å². The van der Waals surface area contributed by atoms with Gasteiger partial charge in [0.05, 0.1) is 22.8 Å². The van der Waals surface area contributed by atoms with E-state index >= 15 is 0 Å². The molecule has 0 aliphatic carbocycles. The Morgan fingerprint density at radius 1 is 1.19 bits per heavy atom. The molecule has 1 unspecified atom stereocenters. The van der Waals surface area contributed by atoms with Crippen LogP contribution in [0.15, 0.2) is 49.4 Å². The number of carbonyl (C=O) groups is 1. The molecular formula is C18H16ClN7O. The molecule has 4 rings (SSSR count). The molecule has 0 spiro atoms. The number of nitrogens with zero attached hydrogens (tertiary/aromatic N) is 6. The highest BCUT2D eigenvalue weighted by molar-refractivity contribution is 6.30. The summed E-state index contributed by atoms with van der Waals surface area (Å²) in [4.78, 5) is 20.0. The van der Waals surface area contributed by atoms with Crippen molar-refractivity contribution in [3.8, 4) is 11.1 Å². The second-order valence-electron chi connectivity index (χ2n) is 6.10. The summed E-state index contributed by atoms with van der Waals surface area (Å²) < 4.78 is 3.39. The average Bonchev–Trinajstić information content (AvgIpc) is 3.31. The van der Waals surface area contributed by atoms with Crippen molar-refractivity contribution in [2.45, 2.75) is 19.4 Å². The standard InChI is InChI=1S/C18H16ClN7O/c1-2-16(11-3-14(19)7-21-5-11)25-9-13(6-23-25)12-4-15(17(20)27)18-22-10-24-26(18)8-12/h3-10,16H,2H2,1H3,(H2,20,27). The molecule has 4 heterocycles. The van der Waals surface area contributed by atoms with E-state index in [0.717, 1.165) is 23.1 Å². The van der Waals surface area contributed by atoms with Crippen molar-refractivity contribution < 1.29 is 4.79 Å². The lowest BCUT2D eigenvalue weighted by molar-refractivity contribution is 0.100. The van der Waals surface area contributed by atoms with E-state index in [9.17, 15) is 4.79 Å². The summed E-state index contributed by atoms with van der Waals surface area (Å²) in [6.07, 6.45) is 11.0. The SMILES string of the molecule is CCC(c1cncc(Cl)c1)n1cc(-c2cc(C(N)=O)c3ncnn3c2)cn1.